The van der Waals surface area contributed by atoms with Crippen LogP contribution in [0.1, 0.15) is 43.5 Å². The van der Waals surface area contributed by atoms with E-state index in [2.05, 4.69) is 4.98 Å². The lowest BCUT2D eigenvalue weighted by Gasteiger charge is -2.34. The maximum atomic E-state index is 13.9. The fourth-order valence-electron chi connectivity index (χ4n) is 4.86. The van der Waals surface area contributed by atoms with Crippen LogP contribution in [-0.4, -0.2) is 78.1 Å². The molecule has 0 spiro atoms. The van der Waals surface area contributed by atoms with Crippen molar-refractivity contribution in [3.63, 3.8) is 0 Å². The molecule has 2 aliphatic heterocycles. The molecule has 3 fully saturated rings. The number of piperidine rings is 1. The number of anilines is 1. The van der Waals surface area contributed by atoms with Crippen LogP contribution >= 0.6 is 0 Å². The molecule has 10 heteroatoms. The molecule has 3 heterocycles. The maximum Gasteiger partial charge on any atom is 0.320 e. The first-order valence-electron chi connectivity index (χ1n) is 11.7. The van der Waals surface area contributed by atoms with E-state index in [-0.39, 0.29) is 31.6 Å². The first kappa shape index (κ1) is 23.5. The molecule has 1 saturated carbocycles. The molecular formula is C23H35F2N7O. The third kappa shape index (κ3) is 5.15. The Balaban J connectivity index is 1.53. The molecular weight excluding hydrogens is 428 g/mol. The van der Waals surface area contributed by atoms with Gasteiger partial charge in [-0.1, -0.05) is 12.8 Å². The van der Waals surface area contributed by atoms with Gasteiger partial charge in [-0.05, 0) is 37.8 Å². The first-order valence-corrected chi connectivity index (χ1v) is 11.7. The van der Waals surface area contributed by atoms with Crippen LogP contribution in [0.15, 0.2) is 17.8 Å². The van der Waals surface area contributed by atoms with E-state index in [1.165, 1.54) is 17.9 Å². The van der Waals surface area contributed by atoms with E-state index in [0.29, 0.717) is 48.0 Å². The number of urea groups is 1. The summed E-state index contributed by atoms with van der Waals surface area (Å²) in [6.07, 6.45) is 3.89. The number of nitrogens with two attached hydrogens (primary N) is 2. The van der Waals surface area contributed by atoms with Gasteiger partial charge in [-0.3, -0.25) is 0 Å². The molecule has 4 N–H and O–H groups in total. The number of likely N-dealkylation sites (N-methyl/N-ethyl adjacent to an activating group) is 2. The Morgan fingerprint density at radius 2 is 2.06 bits per heavy atom. The third-order valence-electron chi connectivity index (χ3n) is 7.00. The quantitative estimate of drug-likeness (QED) is 0.477. The Kier molecular flexibility index (Phi) is 6.39. The summed E-state index contributed by atoms with van der Waals surface area (Å²) in [4.78, 5) is 22.7. The maximum absolute atomic E-state index is 13.9. The first-order chi connectivity index (χ1) is 15.6. The van der Waals surface area contributed by atoms with E-state index in [1.807, 2.05) is 11.9 Å². The minimum Gasteiger partial charge on any atom is -0.395 e. The van der Waals surface area contributed by atoms with Gasteiger partial charge in [-0.15, -0.1) is 0 Å². The summed E-state index contributed by atoms with van der Waals surface area (Å²) in [6, 6.07) is 3.71. The lowest BCUT2D eigenvalue weighted by Crippen LogP contribution is -2.43. The highest BCUT2D eigenvalue weighted by atomic mass is 19.3. The smallest absolute Gasteiger partial charge is 0.320 e. The van der Waals surface area contributed by atoms with Crippen molar-refractivity contribution in [3.8, 4) is 0 Å². The molecule has 4 rings (SSSR count). The zero-order valence-electron chi connectivity index (χ0n) is 19.7. The van der Waals surface area contributed by atoms with Crippen molar-refractivity contribution in [1.29, 1.82) is 0 Å². The summed E-state index contributed by atoms with van der Waals surface area (Å²) < 4.78 is 27.8. The summed E-state index contributed by atoms with van der Waals surface area (Å²) >= 11 is 0. The molecule has 0 radical (unpaired) electrons. The van der Waals surface area contributed by atoms with Gasteiger partial charge in [0.1, 0.15) is 0 Å². The number of halogens is 2. The molecule has 1 aromatic rings. The Bertz CT molecular complexity index is 931. The topological polar surface area (TPSA) is 95.0 Å². The monoisotopic (exact) mass is 463 g/mol. The van der Waals surface area contributed by atoms with Crippen molar-refractivity contribution < 1.29 is 13.6 Å². The molecule has 8 nitrogen and oxygen atoms in total. The van der Waals surface area contributed by atoms with Crippen LogP contribution in [0.5, 0.6) is 0 Å². The minimum atomic E-state index is -2.69. The SMILES string of the molecule is Cc1nc(/C(N)=C(\CN2CC(CC3CC3)N(C)C2=O)N(C)N)ccc1N1CCCC(F)(F)C1. The van der Waals surface area contributed by atoms with Gasteiger partial charge in [-0.2, -0.15) is 0 Å². The molecule has 0 aromatic carbocycles. The van der Waals surface area contributed by atoms with Gasteiger partial charge in [0.2, 0.25) is 0 Å². The molecule has 1 atom stereocenters. The van der Waals surface area contributed by atoms with Gasteiger partial charge in [0, 0.05) is 33.6 Å². The molecule has 1 aliphatic carbocycles. The van der Waals surface area contributed by atoms with Gasteiger partial charge in [0.25, 0.3) is 5.92 Å². The number of rotatable bonds is 7. The number of hydrazine groups is 1. The van der Waals surface area contributed by atoms with Crippen LogP contribution in [0.2, 0.25) is 0 Å². The second-order valence-electron chi connectivity index (χ2n) is 9.76. The molecule has 2 amide bonds. The number of nitrogens with zero attached hydrogens (tertiary/aromatic N) is 5. The standard InChI is InChI=1S/C23H35F2N7O/c1-15-19(31-10-4-9-23(24,25)14-31)8-7-18(28-15)21(26)20(30(3)27)13-32-12-17(11-16-5-6-16)29(2)22(32)33/h7-8,16-17H,4-6,9-14,26-27H2,1-3H3/b21-20-. The highest BCUT2D eigenvalue weighted by molar-refractivity contribution is 5.78. The van der Waals surface area contributed by atoms with Crippen LogP contribution in [-0.2, 0) is 0 Å². The van der Waals surface area contributed by atoms with Crippen molar-refractivity contribution >= 4 is 17.4 Å². The zero-order valence-corrected chi connectivity index (χ0v) is 19.7. The van der Waals surface area contributed by atoms with Crippen LogP contribution in [0.25, 0.3) is 5.70 Å². The van der Waals surface area contributed by atoms with E-state index in [1.54, 1.807) is 35.9 Å². The summed E-state index contributed by atoms with van der Waals surface area (Å²) in [7, 11) is 3.53. The van der Waals surface area contributed by atoms with Gasteiger partial charge < -0.3 is 25.4 Å². The van der Waals surface area contributed by atoms with Crippen LogP contribution in [0.4, 0.5) is 19.3 Å². The second kappa shape index (κ2) is 8.96. The third-order valence-corrected chi connectivity index (χ3v) is 7.00. The van der Waals surface area contributed by atoms with Crippen LogP contribution in [0.3, 0.4) is 0 Å². The average Bonchev–Trinajstić information content (AvgIpc) is 3.53. The van der Waals surface area contributed by atoms with E-state index in [0.717, 1.165) is 12.3 Å². The summed E-state index contributed by atoms with van der Waals surface area (Å²) in [5, 5.41) is 1.42. The van der Waals surface area contributed by atoms with Gasteiger partial charge in [0.05, 0.1) is 47.6 Å². The molecule has 182 valence electrons. The summed E-state index contributed by atoms with van der Waals surface area (Å²) in [6.45, 7) is 3.00. The van der Waals surface area contributed by atoms with Gasteiger partial charge in [-0.25, -0.2) is 24.4 Å². The predicted molar refractivity (Wildman–Crippen MR) is 124 cm³/mol. The van der Waals surface area contributed by atoms with Gasteiger partial charge >= 0.3 is 6.03 Å². The van der Waals surface area contributed by atoms with Crippen molar-refractivity contribution in [1.82, 2.24) is 19.8 Å². The lowest BCUT2D eigenvalue weighted by molar-refractivity contribution is -0.0117. The van der Waals surface area contributed by atoms with E-state index in [9.17, 15) is 13.6 Å². The molecule has 1 unspecified atom stereocenters. The number of carbonyl (C=O) groups is 1. The van der Waals surface area contributed by atoms with Crippen molar-refractivity contribution in [2.24, 2.45) is 17.5 Å². The Labute approximate surface area is 194 Å². The molecule has 1 aromatic heterocycles. The highest BCUT2D eigenvalue weighted by Gasteiger charge is 2.39. The summed E-state index contributed by atoms with van der Waals surface area (Å²) in [5.41, 5.74) is 9.28. The van der Waals surface area contributed by atoms with Crippen LogP contribution in [0, 0.1) is 12.8 Å². The largest absolute Gasteiger partial charge is 0.395 e. The average molecular weight is 464 g/mol. The number of alkyl halides is 2. The number of pyridine rings is 1. The van der Waals surface area contributed by atoms with Crippen LogP contribution < -0.4 is 16.5 Å². The fraction of sp³-hybridized carbons (Fsp3) is 0.652. The predicted octanol–water partition coefficient (Wildman–Crippen LogP) is 2.59. The van der Waals surface area contributed by atoms with E-state index >= 15 is 0 Å². The summed E-state index contributed by atoms with van der Waals surface area (Å²) in [5.74, 6) is 4.14. The Morgan fingerprint density at radius 3 is 2.67 bits per heavy atom. The second-order valence-corrected chi connectivity index (χ2v) is 9.76. The number of hydrogen-bond donors (Lipinski definition) is 2. The normalized spacial score (nSPS) is 23.8. The number of carbonyl (C=O) groups excluding carboxylic acids is 1. The molecule has 3 aliphatic rings. The van der Waals surface area contributed by atoms with E-state index < -0.39 is 5.92 Å². The zero-order chi connectivity index (χ0) is 23.9. The van der Waals surface area contributed by atoms with Gasteiger partial charge in [0.15, 0.2) is 0 Å². The molecule has 2 saturated heterocycles. The lowest BCUT2D eigenvalue weighted by atomic mass is 10.1. The molecule has 0 bridgehead atoms. The Hall–Kier alpha value is -2.62. The number of amides is 2. The minimum absolute atomic E-state index is 0.0293. The molecule has 33 heavy (non-hydrogen) atoms. The highest BCUT2D eigenvalue weighted by Crippen LogP contribution is 2.36. The Morgan fingerprint density at radius 1 is 1.33 bits per heavy atom. The van der Waals surface area contributed by atoms with Crippen molar-refractivity contribution in [2.45, 2.75) is 51.0 Å². The number of aromatic nitrogens is 1. The number of hydrogen-bond acceptors (Lipinski definition) is 6. The number of aryl methyl sites for hydroxylation is 1. The van der Waals surface area contributed by atoms with Crippen molar-refractivity contribution in [3.05, 3.63) is 29.2 Å². The fourth-order valence-corrected chi connectivity index (χ4v) is 4.86. The van der Waals surface area contributed by atoms with E-state index in [4.69, 9.17) is 11.6 Å². The van der Waals surface area contributed by atoms with Crippen molar-refractivity contribution in [2.75, 3.05) is 45.2 Å².